The second-order valence-corrected chi connectivity index (χ2v) is 6.16. The van der Waals surface area contributed by atoms with Crippen molar-refractivity contribution in [3.63, 3.8) is 0 Å². The fraction of sp³-hybridized carbons (Fsp3) is 0.100. The SMILES string of the molecule is O=c1[nH]c2c(c(=O)[nH]1)C(c1ccccc1OC(F)F)C=C(c1ccccc1)N2. The third-order valence-corrected chi connectivity index (χ3v) is 4.44. The van der Waals surface area contributed by atoms with E-state index in [4.69, 9.17) is 0 Å². The van der Waals surface area contributed by atoms with Crippen LogP contribution in [0.15, 0.2) is 70.3 Å². The zero-order valence-electron chi connectivity index (χ0n) is 14.4. The van der Waals surface area contributed by atoms with Crippen molar-refractivity contribution in [2.45, 2.75) is 12.5 Å². The van der Waals surface area contributed by atoms with Crippen LogP contribution < -0.4 is 21.3 Å². The molecule has 6 nitrogen and oxygen atoms in total. The summed E-state index contributed by atoms with van der Waals surface area (Å²) in [6.45, 7) is -3.01. The number of aromatic amines is 2. The second-order valence-electron chi connectivity index (χ2n) is 6.16. The van der Waals surface area contributed by atoms with Crippen molar-refractivity contribution < 1.29 is 13.5 Å². The Morgan fingerprint density at radius 2 is 1.64 bits per heavy atom. The van der Waals surface area contributed by atoms with Gasteiger partial charge in [0.15, 0.2) is 0 Å². The molecule has 0 spiro atoms. The molecule has 3 aromatic rings. The number of nitrogens with one attached hydrogen (secondary N) is 3. The number of anilines is 1. The molecule has 1 atom stereocenters. The summed E-state index contributed by atoms with van der Waals surface area (Å²) >= 11 is 0. The molecule has 0 bridgehead atoms. The van der Waals surface area contributed by atoms with Gasteiger partial charge in [-0.05, 0) is 17.7 Å². The number of ether oxygens (including phenoxy) is 1. The van der Waals surface area contributed by atoms with Gasteiger partial charge in [-0.1, -0.05) is 48.5 Å². The van der Waals surface area contributed by atoms with Gasteiger partial charge in [-0.2, -0.15) is 8.78 Å². The van der Waals surface area contributed by atoms with Crippen LogP contribution in [0.2, 0.25) is 0 Å². The summed E-state index contributed by atoms with van der Waals surface area (Å²) in [6.07, 6.45) is 1.75. The van der Waals surface area contributed by atoms with Crippen LogP contribution in [-0.4, -0.2) is 16.6 Å². The van der Waals surface area contributed by atoms with E-state index in [1.165, 1.54) is 6.07 Å². The molecule has 2 aromatic carbocycles. The first-order chi connectivity index (χ1) is 13.5. The molecule has 1 aromatic heterocycles. The lowest BCUT2D eigenvalue weighted by Gasteiger charge is -2.26. The van der Waals surface area contributed by atoms with E-state index >= 15 is 0 Å². The van der Waals surface area contributed by atoms with Gasteiger partial charge in [-0.25, -0.2) is 4.79 Å². The predicted octanol–water partition coefficient (Wildman–Crippen LogP) is 3.26. The van der Waals surface area contributed by atoms with Crippen LogP contribution in [0, 0.1) is 0 Å². The van der Waals surface area contributed by atoms with Crippen LogP contribution >= 0.6 is 0 Å². The highest BCUT2D eigenvalue weighted by Gasteiger charge is 2.29. The normalized spacial score (nSPS) is 15.5. The Bertz CT molecular complexity index is 1150. The average Bonchev–Trinajstić information content (AvgIpc) is 2.67. The molecule has 1 aliphatic heterocycles. The van der Waals surface area contributed by atoms with Crippen molar-refractivity contribution in [1.29, 1.82) is 0 Å². The summed E-state index contributed by atoms with van der Waals surface area (Å²) in [5, 5.41) is 3.05. The van der Waals surface area contributed by atoms with Gasteiger partial charge in [0.25, 0.3) is 5.56 Å². The van der Waals surface area contributed by atoms with Gasteiger partial charge >= 0.3 is 12.3 Å². The molecule has 3 N–H and O–H groups in total. The summed E-state index contributed by atoms with van der Waals surface area (Å²) in [5.41, 5.74) is 0.770. The predicted molar refractivity (Wildman–Crippen MR) is 101 cm³/mol. The van der Waals surface area contributed by atoms with E-state index in [0.29, 0.717) is 11.3 Å². The molecule has 1 aliphatic rings. The second kappa shape index (κ2) is 7.15. The number of rotatable bonds is 4. The van der Waals surface area contributed by atoms with Crippen LogP contribution in [0.25, 0.3) is 5.70 Å². The summed E-state index contributed by atoms with van der Waals surface area (Å²) in [7, 11) is 0. The molecule has 142 valence electrons. The zero-order chi connectivity index (χ0) is 19.7. The molecule has 2 heterocycles. The molecule has 0 saturated heterocycles. The molecular weight excluding hydrogens is 368 g/mol. The fourth-order valence-corrected chi connectivity index (χ4v) is 3.29. The summed E-state index contributed by atoms with van der Waals surface area (Å²) in [4.78, 5) is 29.0. The smallest absolute Gasteiger partial charge is 0.387 e. The highest BCUT2D eigenvalue weighted by atomic mass is 19.3. The number of benzene rings is 2. The Kier molecular flexibility index (Phi) is 4.52. The minimum absolute atomic E-state index is 0.0374. The van der Waals surface area contributed by atoms with E-state index in [2.05, 4.69) is 20.0 Å². The van der Waals surface area contributed by atoms with E-state index in [1.54, 1.807) is 24.3 Å². The third kappa shape index (κ3) is 3.32. The van der Waals surface area contributed by atoms with Gasteiger partial charge in [0.2, 0.25) is 0 Å². The molecular formula is C20H15F2N3O3. The lowest BCUT2D eigenvalue weighted by molar-refractivity contribution is -0.0504. The van der Waals surface area contributed by atoms with Gasteiger partial charge in [-0.3, -0.25) is 14.8 Å². The third-order valence-electron chi connectivity index (χ3n) is 4.44. The number of hydrogen-bond acceptors (Lipinski definition) is 4. The molecule has 0 fully saturated rings. The summed E-state index contributed by atoms with van der Waals surface area (Å²) in [5.74, 6) is -0.529. The first kappa shape index (κ1) is 17.7. The van der Waals surface area contributed by atoms with Gasteiger partial charge in [0.05, 0.1) is 5.56 Å². The van der Waals surface area contributed by atoms with Gasteiger partial charge in [0, 0.05) is 17.2 Å². The Morgan fingerprint density at radius 1 is 0.929 bits per heavy atom. The minimum atomic E-state index is -3.01. The number of H-pyrrole nitrogens is 2. The first-order valence-electron chi connectivity index (χ1n) is 8.47. The molecule has 8 heteroatoms. The zero-order valence-corrected chi connectivity index (χ0v) is 14.4. The van der Waals surface area contributed by atoms with Crippen LogP contribution in [0.3, 0.4) is 0 Å². The Hall–Kier alpha value is -3.68. The standard InChI is InChI=1S/C20H15F2N3O3/c21-19(22)28-15-9-5-4-8-12(15)13-10-14(11-6-2-1-3-7-11)23-17-16(13)18(26)25-20(27)24-17/h1-10,13,19H,(H3,23,24,25,26,27). The Balaban J connectivity index is 1.93. The number of hydrogen-bond donors (Lipinski definition) is 3. The highest BCUT2D eigenvalue weighted by Crippen LogP contribution is 2.39. The monoisotopic (exact) mass is 383 g/mol. The van der Waals surface area contributed by atoms with Crippen LogP contribution in [0.5, 0.6) is 5.75 Å². The van der Waals surface area contributed by atoms with Crippen LogP contribution in [0.4, 0.5) is 14.6 Å². The summed E-state index contributed by atoms with van der Waals surface area (Å²) in [6, 6.07) is 15.5. The van der Waals surface area contributed by atoms with E-state index in [9.17, 15) is 18.4 Å². The van der Waals surface area contributed by atoms with Crippen molar-refractivity contribution in [3.05, 3.63) is 98.2 Å². The van der Waals surface area contributed by atoms with Gasteiger partial charge in [-0.15, -0.1) is 0 Å². The molecule has 28 heavy (non-hydrogen) atoms. The topological polar surface area (TPSA) is 87.0 Å². The maximum atomic E-state index is 12.9. The largest absolute Gasteiger partial charge is 0.435 e. The lowest BCUT2D eigenvalue weighted by atomic mass is 9.87. The van der Waals surface area contributed by atoms with Gasteiger partial charge < -0.3 is 10.1 Å². The number of alkyl halides is 2. The van der Waals surface area contributed by atoms with Crippen molar-refractivity contribution in [2.24, 2.45) is 0 Å². The number of halogens is 2. The van der Waals surface area contributed by atoms with Crippen molar-refractivity contribution in [1.82, 2.24) is 9.97 Å². The van der Waals surface area contributed by atoms with Crippen LogP contribution in [0.1, 0.15) is 22.6 Å². The minimum Gasteiger partial charge on any atom is -0.435 e. The van der Waals surface area contributed by atoms with Crippen molar-refractivity contribution >= 4 is 11.5 Å². The first-order valence-corrected chi connectivity index (χ1v) is 8.47. The number of para-hydroxylation sites is 1. The maximum Gasteiger partial charge on any atom is 0.387 e. The molecule has 0 aliphatic carbocycles. The molecule has 0 amide bonds. The number of allylic oxidation sites excluding steroid dienone is 1. The molecule has 0 radical (unpaired) electrons. The van der Waals surface area contributed by atoms with Gasteiger partial charge in [0.1, 0.15) is 11.6 Å². The highest BCUT2D eigenvalue weighted by molar-refractivity contribution is 5.81. The average molecular weight is 383 g/mol. The number of fused-ring (bicyclic) bond motifs is 1. The lowest BCUT2D eigenvalue weighted by Crippen LogP contribution is -2.31. The van der Waals surface area contributed by atoms with Crippen molar-refractivity contribution in [2.75, 3.05) is 5.32 Å². The van der Waals surface area contributed by atoms with E-state index < -0.39 is 23.8 Å². The molecule has 4 rings (SSSR count). The Morgan fingerprint density at radius 3 is 2.39 bits per heavy atom. The van der Waals surface area contributed by atoms with Crippen molar-refractivity contribution in [3.8, 4) is 5.75 Å². The maximum absolute atomic E-state index is 12.9. The van der Waals surface area contributed by atoms with Crippen LogP contribution in [-0.2, 0) is 0 Å². The molecule has 1 unspecified atom stereocenters. The summed E-state index contributed by atoms with van der Waals surface area (Å²) < 4.78 is 30.4. The number of aromatic nitrogens is 2. The Labute approximate surface area is 157 Å². The van der Waals surface area contributed by atoms with E-state index in [1.807, 2.05) is 30.3 Å². The molecule has 0 saturated carbocycles. The quantitative estimate of drug-likeness (QED) is 0.645. The van der Waals surface area contributed by atoms with E-state index in [-0.39, 0.29) is 17.1 Å². The fourth-order valence-electron chi connectivity index (χ4n) is 3.29. The van der Waals surface area contributed by atoms with E-state index in [0.717, 1.165) is 5.56 Å².